The van der Waals surface area contributed by atoms with Crippen molar-refractivity contribution in [3.63, 3.8) is 0 Å². The van der Waals surface area contributed by atoms with Gasteiger partial charge in [-0.1, -0.05) is 38.5 Å². The fourth-order valence-corrected chi connectivity index (χ4v) is 6.69. The van der Waals surface area contributed by atoms with Gasteiger partial charge in [0.2, 0.25) is 0 Å². The van der Waals surface area contributed by atoms with E-state index in [-0.39, 0.29) is 48.3 Å². The summed E-state index contributed by atoms with van der Waals surface area (Å²) in [4.78, 5) is 68.8. The number of rotatable bonds is 27. The highest BCUT2D eigenvalue weighted by Crippen LogP contribution is 2.09. The Morgan fingerprint density at radius 3 is 0.909 bits per heavy atom. The number of urea groups is 5. The lowest BCUT2D eigenvalue weighted by Crippen LogP contribution is -2.51. The first-order chi connectivity index (χ1) is 25.9. The molecule has 15 nitrogen and oxygen atoms in total. The minimum absolute atomic E-state index is 0.0403. The van der Waals surface area contributed by atoms with Gasteiger partial charge in [-0.15, -0.1) is 0 Å². The van der Waals surface area contributed by atoms with E-state index < -0.39 is 12.1 Å². The van der Waals surface area contributed by atoms with Crippen molar-refractivity contribution in [3.05, 3.63) is 0 Å². The van der Waals surface area contributed by atoms with Gasteiger partial charge >= 0.3 is 30.2 Å². The quantitative estimate of drug-likeness (QED) is 0.0448. The van der Waals surface area contributed by atoms with Gasteiger partial charge in [0, 0.05) is 83.6 Å². The molecule has 0 bridgehead atoms. The number of hydrogen-bond acceptors (Lipinski definition) is 6. The van der Waals surface area contributed by atoms with Crippen LogP contribution in [0, 0.1) is 0 Å². The average Bonchev–Trinajstić information content (AvgIpc) is 3.07. The lowest BCUT2D eigenvalue weighted by atomic mass is 10.2. The molecule has 10 amide bonds. The topological polar surface area (TPSA) is 162 Å². The fourth-order valence-electron chi connectivity index (χ4n) is 6.69. The minimum atomic E-state index is -0.399. The maximum absolute atomic E-state index is 13.2. The summed E-state index contributed by atoms with van der Waals surface area (Å²) in [5.74, 6) is 0. The second kappa shape index (κ2) is 29.8. The monoisotopic (exact) mass is 783 g/mol. The molecule has 0 aromatic carbocycles. The molecule has 0 fully saturated rings. The Morgan fingerprint density at radius 2 is 0.636 bits per heavy atom. The zero-order chi connectivity index (χ0) is 41.9. The number of nitrogens with zero attached hydrogens (tertiary/aromatic N) is 5. The summed E-state index contributed by atoms with van der Waals surface area (Å²) >= 11 is 0. The van der Waals surface area contributed by atoms with Crippen molar-refractivity contribution < 1.29 is 24.0 Å². The summed E-state index contributed by atoms with van der Waals surface area (Å²) in [5.41, 5.74) is 0. The van der Waals surface area contributed by atoms with Crippen LogP contribution in [0.15, 0.2) is 0 Å². The van der Waals surface area contributed by atoms with Gasteiger partial charge in [0.1, 0.15) is 0 Å². The molecule has 0 saturated carbocycles. The van der Waals surface area contributed by atoms with Crippen LogP contribution in [0.25, 0.3) is 0 Å². The Labute approximate surface area is 334 Å². The third-order valence-corrected chi connectivity index (χ3v) is 9.21. The van der Waals surface area contributed by atoms with Crippen LogP contribution < -0.4 is 26.6 Å². The van der Waals surface area contributed by atoms with E-state index in [1.54, 1.807) is 10.0 Å². The molecule has 322 valence electrons. The van der Waals surface area contributed by atoms with Crippen molar-refractivity contribution in [2.24, 2.45) is 0 Å². The van der Waals surface area contributed by atoms with E-state index in [0.717, 1.165) is 70.6 Å². The lowest BCUT2D eigenvalue weighted by Gasteiger charge is -2.32. The van der Waals surface area contributed by atoms with Gasteiger partial charge in [-0.2, -0.15) is 0 Å². The summed E-state index contributed by atoms with van der Waals surface area (Å²) in [6.07, 6.45) is 10.1. The molecule has 0 aliphatic heterocycles. The predicted molar refractivity (Wildman–Crippen MR) is 224 cm³/mol. The molecule has 5 N–H and O–H groups in total. The molecule has 0 aromatic rings. The number of nitrogens with one attached hydrogen (secondary N) is 5. The molecule has 15 heteroatoms. The molecule has 55 heavy (non-hydrogen) atoms. The second-order valence-corrected chi connectivity index (χ2v) is 16.0. The van der Waals surface area contributed by atoms with E-state index >= 15 is 0 Å². The van der Waals surface area contributed by atoms with E-state index in [4.69, 9.17) is 0 Å². The molecular formula is C40H82N10O5. The van der Waals surface area contributed by atoms with Crippen molar-refractivity contribution in [3.8, 4) is 0 Å². The molecular weight excluding hydrogens is 701 g/mol. The van der Waals surface area contributed by atoms with Crippen molar-refractivity contribution in [1.29, 1.82) is 0 Å². The van der Waals surface area contributed by atoms with Crippen LogP contribution in [0.3, 0.4) is 0 Å². The van der Waals surface area contributed by atoms with Gasteiger partial charge in [-0.3, -0.25) is 5.01 Å². The highest BCUT2D eigenvalue weighted by Gasteiger charge is 2.22. The number of unbranched alkanes of at least 4 members (excludes halogenated alkanes) is 9. The van der Waals surface area contributed by atoms with E-state index in [0.29, 0.717) is 45.7 Å². The molecule has 0 aliphatic carbocycles. The average molecular weight is 783 g/mol. The van der Waals surface area contributed by atoms with Gasteiger partial charge in [0.05, 0.1) is 0 Å². The molecule has 0 radical (unpaired) electrons. The molecule has 0 rings (SSSR count). The largest absolute Gasteiger partial charge is 0.338 e. The van der Waals surface area contributed by atoms with Crippen LogP contribution in [0.1, 0.15) is 146 Å². The smallest absolute Gasteiger partial charge is 0.332 e. The molecule has 0 unspecified atom stereocenters. The van der Waals surface area contributed by atoms with Crippen LogP contribution >= 0.6 is 0 Å². The Bertz CT molecular complexity index is 1000. The summed E-state index contributed by atoms with van der Waals surface area (Å²) < 4.78 is 0. The van der Waals surface area contributed by atoms with Crippen LogP contribution in [0.5, 0.6) is 0 Å². The Morgan fingerprint density at radius 1 is 0.364 bits per heavy atom. The number of carbonyl (C=O) groups excluding carboxylic acids is 5. The third kappa shape index (κ3) is 22.6. The first-order valence-corrected chi connectivity index (χ1v) is 21.1. The second-order valence-electron chi connectivity index (χ2n) is 16.0. The maximum atomic E-state index is 13.2. The molecule has 0 saturated heterocycles. The van der Waals surface area contributed by atoms with Crippen molar-refractivity contribution in [2.75, 3.05) is 53.4 Å². The van der Waals surface area contributed by atoms with Crippen LogP contribution in [0.4, 0.5) is 24.0 Å². The van der Waals surface area contributed by atoms with Crippen molar-refractivity contribution in [2.45, 2.75) is 176 Å². The molecule has 0 atom stereocenters. The third-order valence-electron chi connectivity index (χ3n) is 9.21. The van der Waals surface area contributed by atoms with Crippen molar-refractivity contribution >= 4 is 30.2 Å². The Kier molecular flexibility index (Phi) is 27.9. The van der Waals surface area contributed by atoms with Crippen LogP contribution in [-0.4, -0.2) is 138 Å². The Balaban J connectivity index is 4.77. The molecule has 0 spiro atoms. The SMILES string of the molecule is CC(C)N(C(=O)NCCCCCCNC(=O)N(CCCCCCNC(=O)N(C(C)C)C(C)C)C(=O)NCCCCCCNC(=O)N(C(C)C)N(C)C)C(C)C. The first-order valence-electron chi connectivity index (χ1n) is 21.1. The number of carbonyl (C=O) groups is 5. The highest BCUT2D eigenvalue weighted by atomic mass is 16.2. The van der Waals surface area contributed by atoms with Gasteiger partial charge < -0.3 is 36.4 Å². The zero-order valence-electron chi connectivity index (χ0n) is 36.9. The number of hydrogen-bond donors (Lipinski definition) is 5. The van der Waals surface area contributed by atoms with E-state index in [9.17, 15) is 24.0 Å². The Hall–Kier alpha value is -3.49. The fraction of sp³-hybridized carbons (Fsp3) is 0.875. The van der Waals surface area contributed by atoms with Gasteiger partial charge in [-0.25, -0.2) is 33.9 Å². The molecule has 0 aromatic heterocycles. The highest BCUT2D eigenvalue weighted by molar-refractivity contribution is 5.93. The number of amides is 10. The summed E-state index contributed by atoms with van der Waals surface area (Å²) in [6.45, 7) is 23.0. The minimum Gasteiger partial charge on any atom is -0.338 e. The summed E-state index contributed by atoms with van der Waals surface area (Å²) in [5, 5.41) is 18.3. The van der Waals surface area contributed by atoms with Gasteiger partial charge in [-0.05, 0) is 108 Å². The predicted octanol–water partition coefficient (Wildman–Crippen LogP) is 6.94. The van der Waals surface area contributed by atoms with Crippen molar-refractivity contribution in [1.82, 2.24) is 51.3 Å². The van der Waals surface area contributed by atoms with Crippen LogP contribution in [0.2, 0.25) is 0 Å². The lowest BCUT2D eigenvalue weighted by molar-refractivity contribution is 0.0364. The molecule has 0 heterocycles. The van der Waals surface area contributed by atoms with E-state index in [2.05, 4.69) is 26.6 Å². The summed E-state index contributed by atoms with van der Waals surface area (Å²) in [7, 11) is 3.69. The standard InChI is InChI=1S/C40H82N10O5/c1-31(2)48(32(3)4)38(53)43-27-21-15-13-19-25-41-36(51)47(30-24-18-17-23-28-44-39(54)49(33(5)6)34(7)8)37(52)42-26-20-14-16-22-29-45-40(55)50(35(9)10)46(11)12/h31-35H,13-30H2,1-12H3,(H,41,51)(H,42,52)(H,43,53)(H,44,54)(H,45,55). The van der Waals surface area contributed by atoms with Gasteiger partial charge in [0.25, 0.3) is 0 Å². The number of hydrazine groups is 1. The van der Waals surface area contributed by atoms with E-state index in [1.807, 2.05) is 93.1 Å². The maximum Gasteiger partial charge on any atom is 0.332 e. The van der Waals surface area contributed by atoms with Crippen LogP contribution in [-0.2, 0) is 0 Å². The summed E-state index contributed by atoms with van der Waals surface area (Å²) in [6, 6.07) is -0.424. The van der Waals surface area contributed by atoms with Gasteiger partial charge in [0.15, 0.2) is 0 Å². The zero-order valence-corrected chi connectivity index (χ0v) is 36.9. The normalized spacial score (nSPS) is 11.4. The van der Waals surface area contributed by atoms with E-state index in [1.165, 1.54) is 4.90 Å². The number of imide groups is 1. The molecule has 0 aliphatic rings. The first kappa shape index (κ1) is 51.5.